The minimum Gasteiger partial charge on any atom is -0.481 e. The summed E-state index contributed by atoms with van der Waals surface area (Å²) >= 11 is 0. The number of aliphatic hydroxyl groups excluding tert-OH is 2. The van der Waals surface area contributed by atoms with E-state index < -0.39 is 63.2 Å². The lowest BCUT2D eigenvalue weighted by Gasteiger charge is -2.60. The maximum atomic E-state index is 14.1. The van der Waals surface area contributed by atoms with Crippen LogP contribution in [0.1, 0.15) is 80.6 Å². The fourth-order valence-electron chi connectivity index (χ4n) is 8.44. The molecule has 4 aliphatic carbocycles. The Morgan fingerprint density at radius 1 is 1.03 bits per heavy atom. The highest BCUT2D eigenvalue weighted by Crippen LogP contribution is 2.69. The molecule has 0 radical (unpaired) electrons. The van der Waals surface area contributed by atoms with Gasteiger partial charge in [0.15, 0.2) is 17.3 Å². The minimum atomic E-state index is -1.57. The van der Waals surface area contributed by atoms with E-state index in [9.17, 15) is 34.2 Å². The van der Waals surface area contributed by atoms with Gasteiger partial charge < -0.3 is 15.3 Å². The number of allylic oxidation sites excluding steroid dienone is 3. The van der Waals surface area contributed by atoms with Gasteiger partial charge in [-0.15, -0.1) is 0 Å². The van der Waals surface area contributed by atoms with Crippen molar-refractivity contribution in [2.75, 3.05) is 0 Å². The Labute approximate surface area is 223 Å². The van der Waals surface area contributed by atoms with Crippen molar-refractivity contribution in [3.05, 3.63) is 22.8 Å². The molecule has 0 aromatic heterocycles. The SMILES string of the molecule is C/C(=C/C(=O)CC(C)C(=O)O)[C@H]1CC(=O)[C@@]2(C)C3=C(C(=O)[C@@H](O)[C@]12C)[C@@]1(C)CC[C@H](O)C(C)(C)C1CC3=O. The normalized spacial score (nSPS) is 41.4. The van der Waals surface area contributed by atoms with E-state index in [0.717, 1.165) is 0 Å². The van der Waals surface area contributed by atoms with Gasteiger partial charge in [-0.1, -0.05) is 40.2 Å². The summed E-state index contributed by atoms with van der Waals surface area (Å²) in [4.78, 5) is 65.7. The summed E-state index contributed by atoms with van der Waals surface area (Å²) in [6.07, 6.45) is -0.130. The van der Waals surface area contributed by atoms with Crippen LogP contribution in [0.25, 0.3) is 0 Å². The van der Waals surface area contributed by atoms with Gasteiger partial charge in [-0.05, 0) is 50.0 Å². The quantitative estimate of drug-likeness (QED) is 0.461. The molecular weight excluding hydrogens is 488 g/mol. The van der Waals surface area contributed by atoms with Crippen LogP contribution in [0.5, 0.6) is 0 Å². The van der Waals surface area contributed by atoms with Crippen molar-refractivity contribution in [2.24, 2.45) is 39.4 Å². The Bertz CT molecular complexity index is 1210. The van der Waals surface area contributed by atoms with Crippen molar-refractivity contribution < 1.29 is 39.3 Å². The minimum absolute atomic E-state index is 0.0458. The second kappa shape index (κ2) is 8.78. The van der Waals surface area contributed by atoms with E-state index in [4.69, 9.17) is 5.11 Å². The first-order valence-corrected chi connectivity index (χ1v) is 13.5. The van der Waals surface area contributed by atoms with Gasteiger partial charge in [0.1, 0.15) is 11.9 Å². The first-order valence-electron chi connectivity index (χ1n) is 13.5. The van der Waals surface area contributed by atoms with Crippen LogP contribution in [0.2, 0.25) is 0 Å². The number of carbonyl (C=O) groups excluding carboxylic acids is 4. The third-order valence-corrected chi connectivity index (χ3v) is 11.1. The van der Waals surface area contributed by atoms with Crippen LogP contribution in [-0.4, -0.2) is 56.6 Å². The lowest BCUT2D eigenvalue weighted by atomic mass is 9.42. The maximum absolute atomic E-state index is 14.1. The van der Waals surface area contributed by atoms with Gasteiger partial charge in [0.2, 0.25) is 0 Å². The zero-order chi connectivity index (χ0) is 28.7. The first kappa shape index (κ1) is 28.6. The van der Waals surface area contributed by atoms with E-state index >= 15 is 0 Å². The fourth-order valence-corrected chi connectivity index (χ4v) is 8.44. The average Bonchev–Trinajstić information content (AvgIpc) is 3.03. The third kappa shape index (κ3) is 3.52. The number of ketones is 4. The highest BCUT2D eigenvalue weighted by molar-refractivity contribution is 6.18. The van der Waals surface area contributed by atoms with Crippen molar-refractivity contribution in [1.29, 1.82) is 0 Å². The largest absolute Gasteiger partial charge is 0.481 e. The molecule has 208 valence electrons. The van der Waals surface area contributed by atoms with Crippen LogP contribution >= 0.6 is 0 Å². The second-order valence-electron chi connectivity index (χ2n) is 13.4. The van der Waals surface area contributed by atoms with E-state index in [1.807, 2.05) is 20.8 Å². The lowest BCUT2D eigenvalue weighted by molar-refractivity contribution is -0.156. The molecule has 4 rings (SSSR count). The topological polar surface area (TPSA) is 146 Å². The van der Waals surface area contributed by atoms with Crippen LogP contribution in [0.15, 0.2) is 22.8 Å². The number of aliphatic carboxylic acids is 1. The summed E-state index contributed by atoms with van der Waals surface area (Å²) in [5.74, 6) is -4.48. The molecule has 2 saturated carbocycles. The number of aliphatic hydroxyl groups is 2. The van der Waals surface area contributed by atoms with Gasteiger partial charge in [-0.2, -0.15) is 0 Å². The summed E-state index contributed by atoms with van der Waals surface area (Å²) in [6, 6.07) is 0. The monoisotopic (exact) mass is 528 g/mol. The summed E-state index contributed by atoms with van der Waals surface area (Å²) in [5, 5.41) is 31.6. The summed E-state index contributed by atoms with van der Waals surface area (Å²) < 4.78 is 0. The molecule has 8 heteroatoms. The summed E-state index contributed by atoms with van der Waals surface area (Å²) in [5.41, 5.74) is -3.28. The molecule has 2 fully saturated rings. The van der Waals surface area contributed by atoms with Crippen LogP contribution in [0.4, 0.5) is 0 Å². The number of carboxylic acids is 1. The Balaban J connectivity index is 1.86. The first-order chi connectivity index (χ1) is 17.4. The Kier molecular flexibility index (Phi) is 6.60. The molecule has 0 aromatic carbocycles. The molecule has 0 amide bonds. The van der Waals surface area contributed by atoms with Crippen molar-refractivity contribution >= 4 is 29.1 Å². The second-order valence-corrected chi connectivity index (χ2v) is 13.4. The average molecular weight is 529 g/mol. The Hall–Kier alpha value is -2.45. The van der Waals surface area contributed by atoms with Crippen LogP contribution in [-0.2, 0) is 24.0 Å². The van der Waals surface area contributed by atoms with E-state index in [2.05, 4.69) is 0 Å². The van der Waals surface area contributed by atoms with Crippen LogP contribution < -0.4 is 0 Å². The van der Waals surface area contributed by atoms with Gasteiger partial charge >= 0.3 is 5.97 Å². The number of fused-ring (bicyclic) bond motifs is 4. The molecule has 0 saturated heterocycles. The van der Waals surface area contributed by atoms with Crippen molar-refractivity contribution in [3.8, 4) is 0 Å². The molecule has 2 unspecified atom stereocenters. The van der Waals surface area contributed by atoms with Gasteiger partial charge in [0, 0.05) is 41.2 Å². The molecule has 8 nitrogen and oxygen atoms in total. The molecule has 38 heavy (non-hydrogen) atoms. The van der Waals surface area contributed by atoms with Crippen molar-refractivity contribution in [2.45, 2.75) is 92.8 Å². The van der Waals surface area contributed by atoms with Gasteiger partial charge in [0.05, 0.1) is 17.4 Å². The molecule has 0 heterocycles. The molecule has 0 spiro atoms. The van der Waals surface area contributed by atoms with Gasteiger partial charge in [0.25, 0.3) is 0 Å². The predicted octanol–water partition coefficient (Wildman–Crippen LogP) is 3.23. The Morgan fingerprint density at radius 3 is 2.21 bits per heavy atom. The van der Waals surface area contributed by atoms with Crippen LogP contribution in [0, 0.1) is 39.4 Å². The third-order valence-electron chi connectivity index (χ3n) is 11.1. The molecule has 0 aromatic rings. The summed E-state index contributed by atoms with van der Waals surface area (Å²) in [7, 11) is 0. The maximum Gasteiger partial charge on any atom is 0.306 e. The number of Topliss-reactive ketones (excluding diaryl/α,β-unsaturated/α-hetero) is 3. The van der Waals surface area contributed by atoms with E-state index in [1.165, 1.54) is 13.0 Å². The number of hydrogen-bond acceptors (Lipinski definition) is 7. The Morgan fingerprint density at radius 2 is 1.63 bits per heavy atom. The van der Waals surface area contributed by atoms with Crippen molar-refractivity contribution in [3.63, 3.8) is 0 Å². The van der Waals surface area contributed by atoms with Gasteiger partial charge in [-0.25, -0.2) is 0 Å². The van der Waals surface area contributed by atoms with E-state index in [-0.39, 0.29) is 47.9 Å². The van der Waals surface area contributed by atoms with Crippen molar-refractivity contribution in [1.82, 2.24) is 0 Å². The van der Waals surface area contributed by atoms with E-state index in [1.54, 1.807) is 20.8 Å². The number of hydrogen-bond donors (Lipinski definition) is 3. The van der Waals surface area contributed by atoms with Crippen LogP contribution in [0.3, 0.4) is 0 Å². The van der Waals surface area contributed by atoms with Gasteiger partial charge in [-0.3, -0.25) is 24.0 Å². The fraction of sp³-hybridized carbons (Fsp3) is 0.700. The molecule has 3 N–H and O–H groups in total. The number of carboxylic acid groups (broad SMARTS) is 1. The highest BCUT2D eigenvalue weighted by Gasteiger charge is 2.73. The molecule has 0 aliphatic heterocycles. The highest BCUT2D eigenvalue weighted by atomic mass is 16.4. The molecule has 4 aliphatic rings. The molecular formula is C30H40O8. The molecule has 0 bridgehead atoms. The molecule has 8 atom stereocenters. The standard InChI is InChI=1S/C30H40O8/c1-14(10-16(31)11-15(2)26(37)38)17-12-21(34)30(7)22-18(32)13-19-27(3,4)20(33)8-9-28(19,5)23(22)24(35)25(36)29(17,30)6/h10,15,17,19-20,25,33,36H,8-9,11-13H2,1-7H3,(H,37,38)/b14-10-/t15?,17-,19?,20+,25-,28+,29+,30+/m1/s1. The number of carbonyl (C=O) groups is 5. The lowest BCUT2D eigenvalue weighted by Crippen LogP contribution is -2.64. The zero-order valence-corrected chi connectivity index (χ0v) is 23.4. The summed E-state index contributed by atoms with van der Waals surface area (Å²) in [6.45, 7) is 12.1. The smallest absolute Gasteiger partial charge is 0.306 e. The van der Waals surface area contributed by atoms with E-state index in [0.29, 0.717) is 18.4 Å². The number of rotatable bonds is 5. The predicted molar refractivity (Wildman–Crippen MR) is 138 cm³/mol. The zero-order valence-electron chi connectivity index (χ0n) is 23.4.